The van der Waals surface area contributed by atoms with E-state index >= 15 is 0 Å². The first-order chi connectivity index (χ1) is 13.8. The molecule has 1 aliphatic heterocycles. The monoisotopic (exact) mass is 379 g/mol. The van der Waals surface area contributed by atoms with Crippen LogP contribution in [0.5, 0.6) is 5.75 Å². The van der Waals surface area contributed by atoms with Gasteiger partial charge in [0.1, 0.15) is 5.75 Å². The molecular weight excluding hydrogens is 354 g/mol. The maximum atomic E-state index is 5.44. The molecule has 4 rings (SSSR count). The normalized spacial score (nSPS) is 14.2. The third kappa shape index (κ3) is 4.14. The van der Waals surface area contributed by atoms with Crippen molar-refractivity contribution in [2.45, 2.75) is 19.4 Å². The van der Waals surface area contributed by atoms with Crippen molar-refractivity contribution in [2.24, 2.45) is 0 Å². The fraction of sp³-hybridized carbons (Fsp3) is 0.381. The van der Waals surface area contributed by atoms with E-state index in [2.05, 4.69) is 30.5 Å². The number of morpholine rings is 1. The van der Waals surface area contributed by atoms with Crippen LogP contribution in [0.4, 0.5) is 5.95 Å². The average molecular weight is 379 g/mol. The molecule has 0 amide bonds. The van der Waals surface area contributed by atoms with Crippen LogP contribution in [0.3, 0.4) is 0 Å². The Morgan fingerprint density at radius 3 is 2.64 bits per heavy atom. The molecule has 0 saturated carbocycles. The third-order valence-corrected chi connectivity index (χ3v) is 4.98. The highest BCUT2D eigenvalue weighted by atomic mass is 16.5. The van der Waals surface area contributed by atoms with Gasteiger partial charge in [0.15, 0.2) is 0 Å². The number of ether oxygens (including phenoxy) is 2. The van der Waals surface area contributed by atoms with E-state index in [-0.39, 0.29) is 0 Å². The van der Waals surface area contributed by atoms with E-state index in [9.17, 15) is 0 Å². The quantitative estimate of drug-likeness (QED) is 0.629. The second-order valence-corrected chi connectivity index (χ2v) is 6.76. The largest absolute Gasteiger partial charge is 0.496 e. The van der Waals surface area contributed by atoms with Crippen molar-refractivity contribution in [3.8, 4) is 17.0 Å². The predicted molar refractivity (Wildman–Crippen MR) is 108 cm³/mol. The van der Waals surface area contributed by atoms with Gasteiger partial charge in [0.25, 0.3) is 0 Å². The minimum Gasteiger partial charge on any atom is -0.496 e. The molecule has 0 unspecified atom stereocenters. The van der Waals surface area contributed by atoms with Gasteiger partial charge in [-0.15, -0.1) is 0 Å². The molecular formula is C21H25N5O2. The summed E-state index contributed by atoms with van der Waals surface area (Å²) in [4.78, 5) is 15.6. The number of hydrogen-bond donors (Lipinski definition) is 0. The van der Waals surface area contributed by atoms with Crippen LogP contribution in [0.15, 0.2) is 49.2 Å². The van der Waals surface area contributed by atoms with E-state index in [1.807, 2.05) is 43.1 Å². The van der Waals surface area contributed by atoms with Crippen molar-refractivity contribution in [3.05, 3.63) is 54.7 Å². The molecule has 0 spiro atoms. The highest BCUT2D eigenvalue weighted by Crippen LogP contribution is 2.22. The van der Waals surface area contributed by atoms with Crippen molar-refractivity contribution in [3.63, 3.8) is 0 Å². The number of imidazole rings is 1. The van der Waals surface area contributed by atoms with Crippen LogP contribution < -0.4 is 9.64 Å². The van der Waals surface area contributed by atoms with Gasteiger partial charge in [-0.05, 0) is 24.5 Å². The number of methoxy groups -OCH3 is 1. The van der Waals surface area contributed by atoms with Crippen LogP contribution in [0.2, 0.25) is 0 Å². The molecule has 0 N–H and O–H groups in total. The van der Waals surface area contributed by atoms with Gasteiger partial charge in [-0.2, -0.15) is 0 Å². The molecule has 0 aliphatic carbocycles. The lowest BCUT2D eigenvalue weighted by molar-refractivity contribution is 0.122. The Hall–Kier alpha value is -2.93. The van der Waals surface area contributed by atoms with Gasteiger partial charge < -0.3 is 18.9 Å². The summed E-state index contributed by atoms with van der Waals surface area (Å²) in [6.45, 7) is 3.99. The molecule has 3 heterocycles. The minimum absolute atomic E-state index is 0.726. The Balaban J connectivity index is 1.41. The summed E-state index contributed by atoms with van der Waals surface area (Å²) in [5.74, 6) is 1.70. The first-order valence-electron chi connectivity index (χ1n) is 9.62. The van der Waals surface area contributed by atoms with E-state index in [4.69, 9.17) is 9.47 Å². The highest BCUT2D eigenvalue weighted by molar-refractivity contribution is 5.57. The van der Waals surface area contributed by atoms with E-state index in [1.54, 1.807) is 7.11 Å². The Morgan fingerprint density at radius 2 is 1.86 bits per heavy atom. The molecule has 146 valence electrons. The maximum absolute atomic E-state index is 5.44. The lowest BCUT2D eigenvalue weighted by Crippen LogP contribution is -2.37. The smallest absolute Gasteiger partial charge is 0.225 e. The van der Waals surface area contributed by atoms with Crippen molar-refractivity contribution < 1.29 is 9.47 Å². The lowest BCUT2D eigenvalue weighted by Gasteiger charge is -2.26. The van der Waals surface area contributed by atoms with Crippen LogP contribution in [-0.4, -0.2) is 52.9 Å². The van der Waals surface area contributed by atoms with E-state index < -0.39 is 0 Å². The zero-order valence-electron chi connectivity index (χ0n) is 16.1. The number of aromatic nitrogens is 4. The van der Waals surface area contributed by atoms with E-state index in [0.717, 1.165) is 68.6 Å². The molecule has 2 aromatic heterocycles. The first kappa shape index (κ1) is 18.4. The summed E-state index contributed by atoms with van der Waals surface area (Å²) < 4.78 is 13.0. The molecule has 1 saturated heterocycles. The average Bonchev–Trinajstić information content (AvgIpc) is 3.23. The molecule has 1 fully saturated rings. The fourth-order valence-corrected chi connectivity index (χ4v) is 3.47. The van der Waals surface area contributed by atoms with E-state index in [0.29, 0.717) is 0 Å². The van der Waals surface area contributed by atoms with Crippen molar-refractivity contribution >= 4 is 5.95 Å². The minimum atomic E-state index is 0.726. The maximum Gasteiger partial charge on any atom is 0.225 e. The van der Waals surface area contributed by atoms with E-state index in [1.165, 1.54) is 5.56 Å². The summed E-state index contributed by atoms with van der Waals surface area (Å²) in [5, 5.41) is 0. The number of anilines is 1. The Morgan fingerprint density at radius 1 is 1.07 bits per heavy atom. The number of aryl methyl sites for hydroxylation is 2. The Bertz CT molecular complexity index is 888. The molecule has 0 atom stereocenters. The van der Waals surface area contributed by atoms with Crippen LogP contribution in [0.1, 0.15) is 12.0 Å². The molecule has 28 heavy (non-hydrogen) atoms. The highest BCUT2D eigenvalue weighted by Gasteiger charge is 2.14. The van der Waals surface area contributed by atoms with Crippen molar-refractivity contribution in [1.82, 2.24) is 19.5 Å². The van der Waals surface area contributed by atoms with Gasteiger partial charge in [0.2, 0.25) is 5.95 Å². The molecule has 7 heteroatoms. The number of nitrogens with zero attached hydrogens (tertiary/aromatic N) is 5. The Labute approximate surface area is 165 Å². The molecule has 0 radical (unpaired) electrons. The van der Waals surface area contributed by atoms with Gasteiger partial charge in [0, 0.05) is 37.6 Å². The van der Waals surface area contributed by atoms with Gasteiger partial charge in [-0.3, -0.25) is 0 Å². The number of hydrogen-bond acceptors (Lipinski definition) is 6. The van der Waals surface area contributed by atoms with Crippen molar-refractivity contribution in [1.29, 1.82) is 0 Å². The zero-order chi connectivity index (χ0) is 19.2. The second kappa shape index (κ2) is 8.84. The molecule has 3 aromatic rings. The number of para-hydroxylation sites is 1. The fourth-order valence-electron chi connectivity index (χ4n) is 3.47. The van der Waals surface area contributed by atoms with Crippen molar-refractivity contribution in [2.75, 3.05) is 38.3 Å². The van der Waals surface area contributed by atoms with Gasteiger partial charge in [-0.25, -0.2) is 15.0 Å². The number of benzene rings is 1. The van der Waals surface area contributed by atoms with Gasteiger partial charge in [-0.1, -0.05) is 18.2 Å². The Kier molecular flexibility index (Phi) is 5.82. The van der Waals surface area contributed by atoms with Gasteiger partial charge >= 0.3 is 0 Å². The molecule has 0 bridgehead atoms. The summed E-state index contributed by atoms with van der Waals surface area (Å²) in [6.07, 6.45) is 9.45. The van der Waals surface area contributed by atoms with Gasteiger partial charge in [0.05, 0.1) is 38.5 Å². The number of rotatable bonds is 7. The standard InChI is InChI=1S/C21H25N5O2/c1-27-20-7-3-2-5-17(20)6-4-8-26-16-22-15-19(26)18-13-23-21(24-14-18)25-9-11-28-12-10-25/h2-3,5,7,13-16H,4,6,8-12H2,1H3. The zero-order valence-corrected chi connectivity index (χ0v) is 16.1. The van der Waals surface area contributed by atoms with Crippen LogP contribution >= 0.6 is 0 Å². The van der Waals surface area contributed by atoms with Crippen LogP contribution in [0.25, 0.3) is 11.3 Å². The summed E-state index contributed by atoms with van der Waals surface area (Å²) in [6, 6.07) is 8.17. The van der Waals surface area contributed by atoms with Crippen LogP contribution in [-0.2, 0) is 17.7 Å². The molecule has 7 nitrogen and oxygen atoms in total. The summed E-state index contributed by atoms with van der Waals surface area (Å²) in [7, 11) is 1.72. The SMILES string of the molecule is COc1ccccc1CCCn1cncc1-c1cnc(N2CCOCC2)nc1. The topological polar surface area (TPSA) is 65.3 Å². The third-order valence-electron chi connectivity index (χ3n) is 4.98. The predicted octanol–water partition coefficient (Wildman–Crippen LogP) is 2.82. The molecule has 1 aliphatic rings. The van der Waals surface area contributed by atoms with Crippen LogP contribution in [0, 0.1) is 0 Å². The first-order valence-corrected chi connectivity index (χ1v) is 9.62. The summed E-state index contributed by atoms with van der Waals surface area (Å²) >= 11 is 0. The second-order valence-electron chi connectivity index (χ2n) is 6.76. The molecule has 1 aromatic carbocycles. The summed E-state index contributed by atoms with van der Waals surface area (Å²) in [5.41, 5.74) is 3.24. The lowest BCUT2D eigenvalue weighted by atomic mass is 10.1.